The first-order valence-electron chi connectivity index (χ1n) is 7.91. The minimum atomic E-state index is -4.40. The van der Waals surface area contributed by atoms with Gasteiger partial charge < -0.3 is 14.5 Å². The number of halogens is 3. The van der Waals surface area contributed by atoms with Crippen molar-refractivity contribution in [3.8, 4) is 5.75 Å². The van der Waals surface area contributed by atoms with E-state index in [1.54, 1.807) is 6.92 Å². The van der Waals surface area contributed by atoms with E-state index in [1.807, 2.05) is 30.3 Å². The van der Waals surface area contributed by atoms with Crippen molar-refractivity contribution >= 4 is 16.9 Å². The summed E-state index contributed by atoms with van der Waals surface area (Å²) >= 11 is 0. The molecule has 3 rings (SSSR count). The number of rotatable bonds is 5. The SMILES string of the molecule is C[C@H](NC(=O)COc1ccc(C(F)(F)F)cc1)c1cc2ccccc2o1. The molecule has 0 unspecified atom stereocenters. The lowest BCUT2D eigenvalue weighted by atomic mass is 10.2. The number of carbonyl (C=O) groups excluding carboxylic acids is 1. The Hall–Kier alpha value is -2.96. The first-order valence-corrected chi connectivity index (χ1v) is 7.91. The molecule has 1 N–H and O–H groups in total. The van der Waals surface area contributed by atoms with Crippen LogP contribution in [0.4, 0.5) is 13.2 Å². The molecule has 0 fully saturated rings. The van der Waals surface area contributed by atoms with Gasteiger partial charge in [-0.05, 0) is 43.3 Å². The van der Waals surface area contributed by atoms with Crippen LogP contribution in [0, 0.1) is 0 Å². The maximum absolute atomic E-state index is 12.5. The zero-order valence-electron chi connectivity index (χ0n) is 13.8. The van der Waals surface area contributed by atoms with Crippen LogP contribution < -0.4 is 10.1 Å². The number of hydrogen-bond acceptors (Lipinski definition) is 3. The normalized spacial score (nSPS) is 12.8. The molecule has 1 atom stereocenters. The van der Waals surface area contributed by atoms with Crippen LogP contribution in [0.25, 0.3) is 11.0 Å². The largest absolute Gasteiger partial charge is 0.484 e. The molecule has 3 aromatic rings. The third-order valence-corrected chi connectivity index (χ3v) is 3.80. The van der Waals surface area contributed by atoms with Crippen LogP contribution in [0.3, 0.4) is 0 Å². The molecule has 1 aromatic heterocycles. The fourth-order valence-electron chi connectivity index (χ4n) is 2.46. The Labute approximate surface area is 147 Å². The summed E-state index contributed by atoms with van der Waals surface area (Å²) in [4.78, 5) is 12.0. The van der Waals surface area contributed by atoms with E-state index in [9.17, 15) is 18.0 Å². The second kappa shape index (κ2) is 7.11. The predicted molar refractivity (Wildman–Crippen MR) is 89.7 cm³/mol. The smallest absolute Gasteiger partial charge is 0.416 e. The van der Waals surface area contributed by atoms with E-state index in [0.29, 0.717) is 5.76 Å². The van der Waals surface area contributed by atoms with E-state index in [-0.39, 0.29) is 18.4 Å². The van der Waals surface area contributed by atoms with Gasteiger partial charge in [-0.3, -0.25) is 4.79 Å². The summed E-state index contributed by atoms with van der Waals surface area (Å²) in [6.45, 7) is 1.46. The van der Waals surface area contributed by atoms with Gasteiger partial charge in [0, 0.05) is 5.39 Å². The molecular weight excluding hydrogens is 347 g/mol. The second-order valence-corrected chi connectivity index (χ2v) is 5.79. The molecule has 2 aromatic carbocycles. The molecule has 0 spiro atoms. The third-order valence-electron chi connectivity index (χ3n) is 3.80. The molecule has 0 aliphatic heterocycles. The van der Waals surface area contributed by atoms with Gasteiger partial charge in [-0.25, -0.2) is 0 Å². The maximum Gasteiger partial charge on any atom is 0.416 e. The number of hydrogen-bond donors (Lipinski definition) is 1. The highest BCUT2D eigenvalue weighted by Gasteiger charge is 2.30. The van der Waals surface area contributed by atoms with Gasteiger partial charge in [0.2, 0.25) is 0 Å². The van der Waals surface area contributed by atoms with Crippen molar-refractivity contribution in [2.75, 3.05) is 6.61 Å². The van der Waals surface area contributed by atoms with Gasteiger partial charge in [0.25, 0.3) is 5.91 Å². The number of nitrogens with one attached hydrogen (secondary N) is 1. The summed E-state index contributed by atoms with van der Waals surface area (Å²) in [5.74, 6) is 0.386. The molecule has 0 aliphatic carbocycles. The number of ether oxygens (including phenoxy) is 1. The molecule has 1 amide bonds. The Kier molecular flexibility index (Phi) is 4.88. The highest BCUT2D eigenvalue weighted by atomic mass is 19.4. The number of fused-ring (bicyclic) bond motifs is 1. The predicted octanol–water partition coefficient (Wildman–Crippen LogP) is 4.71. The molecule has 0 aliphatic rings. The molecule has 0 radical (unpaired) electrons. The summed E-state index contributed by atoms with van der Waals surface area (Å²) in [5, 5.41) is 3.66. The molecule has 26 heavy (non-hydrogen) atoms. The lowest BCUT2D eigenvalue weighted by Gasteiger charge is -2.12. The van der Waals surface area contributed by atoms with Crippen molar-refractivity contribution in [1.29, 1.82) is 0 Å². The zero-order valence-corrected chi connectivity index (χ0v) is 13.8. The molecule has 136 valence electrons. The van der Waals surface area contributed by atoms with E-state index in [1.165, 1.54) is 12.1 Å². The van der Waals surface area contributed by atoms with E-state index < -0.39 is 17.6 Å². The summed E-state index contributed by atoms with van der Waals surface area (Å²) in [5.41, 5.74) is -0.0441. The molecular formula is C19H16F3NO3. The fourth-order valence-corrected chi connectivity index (χ4v) is 2.46. The minimum Gasteiger partial charge on any atom is -0.484 e. The number of para-hydroxylation sites is 1. The number of carbonyl (C=O) groups is 1. The quantitative estimate of drug-likeness (QED) is 0.714. The lowest BCUT2D eigenvalue weighted by Crippen LogP contribution is -2.31. The average molecular weight is 363 g/mol. The number of furan rings is 1. The highest BCUT2D eigenvalue weighted by Crippen LogP contribution is 2.30. The first kappa shape index (κ1) is 17.8. The first-order chi connectivity index (χ1) is 12.3. The molecule has 1 heterocycles. The van der Waals surface area contributed by atoms with Gasteiger partial charge in [-0.2, -0.15) is 13.2 Å². The second-order valence-electron chi connectivity index (χ2n) is 5.79. The Morgan fingerprint density at radius 1 is 1.15 bits per heavy atom. The van der Waals surface area contributed by atoms with E-state index in [0.717, 1.165) is 23.1 Å². The summed E-state index contributed by atoms with van der Waals surface area (Å²) in [6.07, 6.45) is -4.40. The van der Waals surface area contributed by atoms with Gasteiger partial charge in [-0.15, -0.1) is 0 Å². The van der Waals surface area contributed by atoms with Crippen LogP contribution >= 0.6 is 0 Å². The van der Waals surface area contributed by atoms with Crippen molar-refractivity contribution in [3.05, 3.63) is 65.9 Å². The van der Waals surface area contributed by atoms with Gasteiger partial charge >= 0.3 is 6.18 Å². The van der Waals surface area contributed by atoms with Crippen LogP contribution in [-0.4, -0.2) is 12.5 Å². The molecule has 4 nitrogen and oxygen atoms in total. The Balaban J connectivity index is 1.55. The zero-order chi connectivity index (χ0) is 18.7. The molecule has 7 heteroatoms. The summed E-state index contributed by atoms with van der Waals surface area (Å²) < 4.78 is 48.4. The van der Waals surface area contributed by atoms with Gasteiger partial charge in [0.15, 0.2) is 6.61 Å². The highest BCUT2D eigenvalue weighted by molar-refractivity contribution is 5.79. The standard InChI is InChI=1S/C19H16F3NO3/c1-12(17-10-13-4-2-3-5-16(13)26-17)23-18(24)11-25-15-8-6-14(7-9-15)19(20,21)22/h2-10,12H,11H2,1H3,(H,23,24)/t12-/m0/s1. The number of benzene rings is 2. The van der Waals surface area contributed by atoms with E-state index >= 15 is 0 Å². The Morgan fingerprint density at radius 3 is 2.50 bits per heavy atom. The number of amides is 1. The third kappa shape index (κ3) is 4.17. The lowest BCUT2D eigenvalue weighted by molar-refractivity contribution is -0.137. The van der Waals surface area contributed by atoms with Crippen molar-refractivity contribution in [3.63, 3.8) is 0 Å². The summed E-state index contributed by atoms with van der Waals surface area (Å²) in [7, 11) is 0. The number of alkyl halides is 3. The topological polar surface area (TPSA) is 51.5 Å². The Bertz CT molecular complexity index is 867. The molecule has 0 bridgehead atoms. The van der Waals surface area contributed by atoms with Crippen LogP contribution in [-0.2, 0) is 11.0 Å². The van der Waals surface area contributed by atoms with Crippen molar-refractivity contribution in [1.82, 2.24) is 5.32 Å². The monoisotopic (exact) mass is 363 g/mol. The van der Waals surface area contributed by atoms with Gasteiger partial charge in [0.05, 0.1) is 11.6 Å². The van der Waals surface area contributed by atoms with Crippen LogP contribution in [0.15, 0.2) is 59.0 Å². The van der Waals surface area contributed by atoms with Gasteiger partial charge in [0.1, 0.15) is 17.1 Å². The fraction of sp³-hybridized carbons (Fsp3) is 0.211. The summed E-state index contributed by atoms with van der Waals surface area (Å²) in [6, 6.07) is 13.1. The maximum atomic E-state index is 12.5. The Morgan fingerprint density at radius 2 is 1.85 bits per heavy atom. The molecule has 0 saturated carbocycles. The van der Waals surface area contributed by atoms with E-state index in [4.69, 9.17) is 9.15 Å². The average Bonchev–Trinajstić information content (AvgIpc) is 3.04. The van der Waals surface area contributed by atoms with Crippen LogP contribution in [0.1, 0.15) is 24.3 Å². The molecule has 0 saturated heterocycles. The van der Waals surface area contributed by atoms with Crippen molar-refractivity contribution < 1.29 is 27.1 Å². The van der Waals surface area contributed by atoms with Crippen molar-refractivity contribution in [2.45, 2.75) is 19.1 Å². The van der Waals surface area contributed by atoms with Gasteiger partial charge in [-0.1, -0.05) is 18.2 Å². The van der Waals surface area contributed by atoms with Crippen LogP contribution in [0.2, 0.25) is 0 Å². The minimum absolute atomic E-state index is 0.185. The van der Waals surface area contributed by atoms with E-state index in [2.05, 4.69) is 5.32 Å². The van der Waals surface area contributed by atoms with Crippen molar-refractivity contribution in [2.24, 2.45) is 0 Å². The van der Waals surface area contributed by atoms with Crippen LogP contribution in [0.5, 0.6) is 5.75 Å².